The van der Waals surface area contributed by atoms with Gasteiger partial charge < -0.3 is 5.32 Å². The van der Waals surface area contributed by atoms with Crippen molar-refractivity contribution in [3.63, 3.8) is 0 Å². The van der Waals surface area contributed by atoms with Crippen LogP contribution in [0.2, 0.25) is 0 Å². The lowest BCUT2D eigenvalue weighted by molar-refractivity contribution is 0.785. The van der Waals surface area contributed by atoms with Gasteiger partial charge in [0.25, 0.3) is 0 Å². The lowest BCUT2D eigenvalue weighted by atomic mass is 10.1. The van der Waals surface area contributed by atoms with Gasteiger partial charge in [0.05, 0.1) is 10.7 Å². The maximum atomic E-state index is 4.55. The quantitative estimate of drug-likeness (QED) is 0.791. The monoisotopic (exact) mass is 336 g/mol. The maximum absolute atomic E-state index is 4.55. The van der Waals surface area contributed by atoms with E-state index in [0.717, 1.165) is 22.4 Å². The topological polar surface area (TPSA) is 42.2 Å². The molecule has 3 rings (SSSR count). The predicted molar refractivity (Wildman–Crippen MR) is 81.8 cm³/mol. The third kappa shape index (κ3) is 2.79. The molecule has 0 fully saturated rings. The fourth-order valence-corrected chi connectivity index (χ4v) is 3.03. The van der Waals surface area contributed by atoms with Crippen molar-refractivity contribution in [3.8, 4) is 0 Å². The molecule has 0 aliphatic carbocycles. The van der Waals surface area contributed by atoms with Crippen molar-refractivity contribution >= 4 is 38.7 Å². The number of aromatic nitrogens is 3. The first-order valence-corrected chi connectivity index (χ1v) is 7.73. The van der Waals surface area contributed by atoms with Crippen molar-refractivity contribution in [2.45, 2.75) is 19.4 Å². The fraction of sp³-hybridized carbons (Fsp3) is 0.231. The summed E-state index contributed by atoms with van der Waals surface area (Å²) in [5.41, 5.74) is 2.18. The van der Waals surface area contributed by atoms with Crippen molar-refractivity contribution in [1.82, 2.24) is 14.6 Å². The van der Waals surface area contributed by atoms with Crippen LogP contribution < -0.4 is 5.32 Å². The smallest absolute Gasteiger partial charge is 0.171 e. The van der Waals surface area contributed by atoms with Gasteiger partial charge in [-0.2, -0.15) is 16.4 Å². The summed E-state index contributed by atoms with van der Waals surface area (Å²) in [6, 6.07) is 4.44. The summed E-state index contributed by atoms with van der Waals surface area (Å²) < 4.78 is 2.65. The van der Waals surface area contributed by atoms with Crippen LogP contribution in [0, 0.1) is 0 Å². The van der Waals surface area contributed by atoms with Gasteiger partial charge in [0.2, 0.25) is 0 Å². The Balaban J connectivity index is 1.75. The van der Waals surface area contributed by atoms with Gasteiger partial charge in [-0.25, -0.2) is 9.50 Å². The minimum absolute atomic E-state index is 0.339. The molecule has 3 heterocycles. The number of nitrogens with zero attached hydrogens (tertiary/aromatic N) is 3. The van der Waals surface area contributed by atoms with Gasteiger partial charge in [-0.15, -0.1) is 0 Å². The molecule has 1 N–H and O–H groups in total. The number of rotatable bonds is 4. The number of fused-ring (bicyclic) bond motifs is 1. The standard InChI is InChI=1S/C13H13BrN4S/c1-9(6-10-3-5-19-8-10)16-12-2-4-18-13(17-12)11(14)7-15-18/h2-5,7-9H,6H2,1H3,(H,16,17). The molecule has 0 radical (unpaired) electrons. The lowest BCUT2D eigenvalue weighted by Crippen LogP contribution is -2.18. The first kappa shape index (κ1) is 12.6. The molecule has 3 aromatic rings. The molecule has 1 unspecified atom stereocenters. The van der Waals surface area contributed by atoms with Crippen molar-refractivity contribution in [2.24, 2.45) is 0 Å². The Morgan fingerprint density at radius 3 is 3.16 bits per heavy atom. The molecular formula is C13H13BrN4S. The zero-order valence-electron chi connectivity index (χ0n) is 10.4. The summed E-state index contributed by atoms with van der Waals surface area (Å²) in [7, 11) is 0. The second kappa shape index (κ2) is 5.30. The molecule has 1 atom stereocenters. The minimum atomic E-state index is 0.339. The van der Waals surface area contributed by atoms with E-state index in [1.165, 1.54) is 5.56 Å². The maximum Gasteiger partial charge on any atom is 0.171 e. The van der Waals surface area contributed by atoms with Crippen LogP contribution in [0.15, 0.2) is 39.8 Å². The van der Waals surface area contributed by atoms with Crippen LogP contribution >= 0.6 is 27.3 Å². The first-order chi connectivity index (χ1) is 9.22. The summed E-state index contributed by atoms with van der Waals surface area (Å²) in [5.74, 6) is 0.872. The molecule has 0 bridgehead atoms. The highest BCUT2D eigenvalue weighted by Gasteiger charge is 2.07. The molecule has 19 heavy (non-hydrogen) atoms. The van der Waals surface area contributed by atoms with Crippen molar-refractivity contribution in [1.29, 1.82) is 0 Å². The largest absolute Gasteiger partial charge is 0.367 e. The van der Waals surface area contributed by atoms with Gasteiger partial charge in [0.15, 0.2) is 5.65 Å². The van der Waals surface area contributed by atoms with Gasteiger partial charge in [0, 0.05) is 12.2 Å². The van der Waals surface area contributed by atoms with E-state index in [1.807, 2.05) is 12.3 Å². The molecule has 0 aliphatic heterocycles. The SMILES string of the molecule is CC(Cc1ccsc1)Nc1ccn2ncc(Br)c2n1. The van der Waals surface area contributed by atoms with Crippen LogP contribution in [0.5, 0.6) is 0 Å². The van der Waals surface area contributed by atoms with E-state index in [9.17, 15) is 0 Å². The normalized spacial score (nSPS) is 12.7. The highest BCUT2D eigenvalue weighted by molar-refractivity contribution is 9.10. The van der Waals surface area contributed by atoms with Gasteiger partial charge in [-0.05, 0) is 57.7 Å². The zero-order chi connectivity index (χ0) is 13.2. The van der Waals surface area contributed by atoms with E-state index in [4.69, 9.17) is 0 Å². The number of nitrogens with one attached hydrogen (secondary N) is 1. The van der Waals surface area contributed by atoms with E-state index >= 15 is 0 Å². The van der Waals surface area contributed by atoms with E-state index in [0.29, 0.717) is 6.04 Å². The average Bonchev–Trinajstić information content (AvgIpc) is 3.00. The van der Waals surface area contributed by atoms with Crippen LogP contribution in [-0.4, -0.2) is 20.6 Å². The summed E-state index contributed by atoms with van der Waals surface area (Å²) in [6.45, 7) is 2.16. The Morgan fingerprint density at radius 1 is 1.47 bits per heavy atom. The fourth-order valence-electron chi connectivity index (χ4n) is 1.99. The highest BCUT2D eigenvalue weighted by atomic mass is 79.9. The van der Waals surface area contributed by atoms with Crippen molar-refractivity contribution < 1.29 is 0 Å². The van der Waals surface area contributed by atoms with E-state index in [1.54, 1.807) is 22.0 Å². The van der Waals surface area contributed by atoms with Crippen LogP contribution in [0.25, 0.3) is 5.65 Å². The summed E-state index contributed by atoms with van der Waals surface area (Å²) in [6.07, 6.45) is 4.66. The van der Waals surface area contributed by atoms with Gasteiger partial charge >= 0.3 is 0 Å². The van der Waals surface area contributed by atoms with Crippen LogP contribution in [0.1, 0.15) is 12.5 Å². The molecule has 4 nitrogen and oxygen atoms in total. The molecule has 6 heteroatoms. The third-order valence-corrected chi connectivity index (χ3v) is 4.13. The molecule has 0 saturated carbocycles. The predicted octanol–water partition coefficient (Wildman–Crippen LogP) is 3.60. The van der Waals surface area contributed by atoms with Crippen LogP contribution in [-0.2, 0) is 6.42 Å². The minimum Gasteiger partial charge on any atom is -0.367 e. The van der Waals surface area contributed by atoms with Crippen molar-refractivity contribution in [2.75, 3.05) is 5.32 Å². The van der Waals surface area contributed by atoms with E-state index in [-0.39, 0.29) is 0 Å². The summed E-state index contributed by atoms with van der Waals surface area (Å²) >= 11 is 5.18. The second-order valence-corrected chi connectivity index (χ2v) is 6.09. The third-order valence-electron chi connectivity index (χ3n) is 2.84. The van der Waals surface area contributed by atoms with Crippen LogP contribution in [0.4, 0.5) is 5.82 Å². The number of thiophene rings is 1. The second-order valence-electron chi connectivity index (χ2n) is 4.45. The molecule has 3 aromatic heterocycles. The Bertz CT molecular complexity index is 677. The van der Waals surface area contributed by atoms with Crippen molar-refractivity contribution in [3.05, 3.63) is 45.3 Å². The Hall–Kier alpha value is -1.40. The van der Waals surface area contributed by atoms with Gasteiger partial charge in [0.1, 0.15) is 5.82 Å². The number of hydrogen-bond acceptors (Lipinski definition) is 4. The molecule has 0 amide bonds. The highest BCUT2D eigenvalue weighted by Crippen LogP contribution is 2.18. The molecule has 0 aliphatic rings. The van der Waals surface area contributed by atoms with E-state index in [2.05, 4.69) is 55.1 Å². The molecule has 0 aromatic carbocycles. The summed E-state index contributed by atoms with van der Waals surface area (Å²) in [5, 5.41) is 11.9. The zero-order valence-corrected chi connectivity index (χ0v) is 12.8. The Labute approximate surface area is 123 Å². The first-order valence-electron chi connectivity index (χ1n) is 6.00. The number of halogens is 1. The van der Waals surface area contributed by atoms with Gasteiger partial charge in [-0.1, -0.05) is 0 Å². The average molecular weight is 337 g/mol. The number of hydrogen-bond donors (Lipinski definition) is 1. The summed E-state index contributed by atoms with van der Waals surface area (Å²) in [4.78, 5) is 4.55. The molecule has 98 valence electrons. The lowest BCUT2D eigenvalue weighted by Gasteiger charge is -2.13. The van der Waals surface area contributed by atoms with Gasteiger partial charge in [-0.3, -0.25) is 0 Å². The Morgan fingerprint density at radius 2 is 2.37 bits per heavy atom. The molecule has 0 spiro atoms. The number of anilines is 1. The Kier molecular flexibility index (Phi) is 3.52. The van der Waals surface area contributed by atoms with E-state index < -0.39 is 0 Å². The van der Waals surface area contributed by atoms with Crippen LogP contribution in [0.3, 0.4) is 0 Å². The molecule has 0 saturated heterocycles. The molecular weight excluding hydrogens is 324 g/mol.